The Kier molecular flexibility index (Phi) is 8.53. The number of nitrogens with one attached hydrogen (secondary N) is 1. The van der Waals surface area contributed by atoms with Crippen LogP contribution in [0.5, 0.6) is 5.75 Å². The monoisotopic (exact) mass is 564 g/mol. The highest BCUT2D eigenvalue weighted by Gasteiger charge is 2.39. The fourth-order valence-electron chi connectivity index (χ4n) is 5.38. The largest absolute Gasteiger partial charge is 0.493 e. The van der Waals surface area contributed by atoms with Gasteiger partial charge in [-0.05, 0) is 69.2 Å². The van der Waals surface area contributed by atoms with Crippen molar-refractivity contribution in [3.05, 3.63) is 41.7 Å². The molecule has 11 heteroatoms. The summed E-state index contributed by atoms with van der Waals surface area (Å²) in [4.78, 5) is 20.3. The van der Waals surface area contributed by atoms with Crippen LogP contribution in [0.1, 0.15) is 65.7 Å². The lowest BCUT2D eigenvalue weighted by atomic mass is 9.97. The number of aromatic nitrogens is 1. The second-order valence-corrected chi connectivity index (χ2v) is 13.4. The molecule has 2 fully saturated rings. The fourth-order valence-corrected chi connectivity index (χ4v) is 6.60. The Morgan fingerprint density at radius 1 is 1.28 bits per heavy atom. The number of carbonyl (C=O) groups excluding carboxylic acids is 1. The number of halogens is 1. The molecular formula is C28H41FN4O5S. The zero-order valence-corrected chi connectivity index (χ0v) is 24.1. The van der Waals surface area contributed by atoms with Crippen LogP contribution in [-0.2, 0) is 10.2 Å². The van der Waals surface area contributed by atoms with E-state index in [9.17, 15) is 22.7 Å². The zero-order valence-electron chi connectivity index (χ0n) is 23.3. The number of aliphatic hydroxyl groups is 1. The summed E-state index contributed by atoms with van der Waals surface area (Å²) >= 11 is 0. The molecule has 3 heterocycles. The van der Waals surface area contributed by atoms with Gasteiger partial charge < -0.3 is 14.7 Å². The first-order valence-electron chi connectivity index (χ1n) is 13.5. The van der Waals surface area contributed by atoms with Gasteiger partial charge in [-0.1, -0.05) is 20.8 Å². The Bertz CT molecular complexity index is 1320. The van der Waals surface area contributed by atoms with Crippen molar-refractivity contribution in [1.29, 1.82) is 0 Å². The highest BCUT2D eigenvalue weighted by atomic mass is 32.2. The molecule has 216 valence electrons. The van der Waals surface area contributed by atoms with E-state index in [0.717, 1.165) is 10.7 Å². The molecule has 0 radical (unpaired) electrons. The van der Waals surface area contributed by atoms with Crippen LogP contribution in [0, 0.1) is 17.7 Å². The molecule has 2 aliphatic rings. The van der Waals surface area contributed by atoms with Crippen molar-refractivity contribution in [3.63, 3.8) is 0 Å². The maximum absolute atomic E-state index is 14.5. The van der Waals surface area contributed by atoms with Crippen LogP contribution in [-0.4, -0.2) is 66.6 Å². The van der Waals surface area contributed by atoms with Crippen LogP contribution in [0.25, 0.3) is 11.3 Å². The minimum Gasteiger partial charge on any atom is -0.493 e. The number of β-amino-alcohol motifs (C(OH)–C–C–N with tert-alkyl or cyclic N) is 1. The van der Waals surface area contributed by atoms with Gasteiger partial charge in [-0.2, -0.15) is 12.7 Å². The molecule has 2 aliphatic heterocycles. The second-order valence-electron chi connectivity index (χ2n) is 11.8. The smallest absolute Gasteiger partial charge is 0.304 e. The lowest BCUT2D eigenvalue weighted by Crippen LogP contribution is -2.49. The van der Waals surface area contributed by atoms with Gasteiger partial charge in [0, 0.05) is 38.2 Å². The molecule has 9 nitrogen and oxygen atoms in total. The molecule has 1 aromatic heterocycles. The molecule has 1 unspecified atom stereocenters. The quantitative estimate of drug-likeness (QED) is 0.494. The number of aliphatic hydroxyl groups excluding tert-OH is 1. The van der Waals surface area contributed by atoms with Gasteiger partial charge in [0.05, 0.1) is 24.0 Å². The van der Waals surface area contributed by atoms with Gasteiger partial charge in [0.25, 0.3) is 5.91 Å². The van der Waals surface area contributed by atoms with E-state index in [1.54, 1.807) is 12.1 Å². The summed E-state index contributed by atoms with van der Waals surface area (Å²) in [5.41, 5.74) is 0.688. The van der Waals surface area contributed by atoms with E-state index < -0.39 is 28.0 Å². The predicted molar refractivity (Wildman–Crippen MR) is 150 cm³/mol. The van der Waals surface area contributed by atoms with E-state index in [1.807, 2.05) is 18.7 Å². The van der Waals surface area contributed by atoms with E-state index in [4.69, 9.17) is 9.72 Å². The maximum Gasteiger partial charge on any atom is 0.304 e. The zero-order chi connectivity index (χ0) is 28.5. The molecule has 0 spiro atoms. The van der Waals surface area contributed by atoms with E-state index in [0.29, 0.717) is 54.7 Å². The third-order valence-corrected chi connectivity index (χ3v) is 8.57. The molecule has 4 rings (SSSR count). The number of rotatable bonds is 8. The predicted octanol–water partition coefficient (Wildman–Crippen LogP) is 4.22. The average Bonchev–Trinajstić information content (AvgIpc) is 3.13. The molecule has 1 amide bonds. The van der Waals surface area contributed by atoms with Crippen molar-refractivity contribution in [1.82, 2.24) is 14.0 Å². The SMILES string of the molecule is CC(C)COc1cc(F)cc(-c2ccc(C(=O)NS(=O)(=O)N3CCCC(O)C3)c(N3C[C@@H](C)CC3(C)C)n2)c1.[HH]. The van der Waals surface area contributed by atoms with Gasteiger partial charge in [-0.15, -0.1) is 0 Å². The van der Waals surface area contributed by atoms with E-state index in [-0.39, 0.29) is 31.5 Å². The van der Waals surface area contributed by atoms with E-state index in [1.165, 1.54) is 18.2 Å². The van der Waals surface area contributed by atoms with Crippen molar-refractivity contribution in [2.45, 2.75) is 65.5 Å². The van der Waals surface area contributed by atoms with Crippen molar-refractivity contribution >= 4 is 21.9 Å². The van der Waals surface area contributed by atoms with Gasteiger partial charge in [-0.3, -0.25) is 4.79 Å². The lowest BCUT2D eigenvalue weighted by Gasteiger charge is -2.34. The summed E-state index contributed by atoms with van der Waals surface area (Å²) in [6, 6.07) is 7.51. The number of hydrogen-bond acceptors (Lipinski definition) is 7. The summed E-state index contributed by atoms with van der Waals surface area (Å²) in [5.74, 6) is 0.0326. The van der Waals surface area contributed by atoms with Gasteiger partial charge >= 0.3 is 10.2 Å². The molecule has 0 aliphatic carbocycles. The lowest BCUT2D eigenvalue weighted by molar-refractivity contribution is 0.0957. The number of pyridine rings is 1. The topological polar surface area (TPSA) is 112 Å². The molecule has 2 atom stereocenters. The molecule has 39 heavy (non-hydrogen) atoms. The van der Waals surface area contributed by atoms with Gasteiger partial charge in [0.2, 0.25) is 0 Å². The Labute approximate surface area is 232 Å². The second kappa shape index (κ2) is 11.4. The van der Waals surface area contributed by atoms with E-state index in [2.05, 4.69) is 25.5 Å². The number of nitrogens with zero attached hydrogens (tertiary/aromatic N) is 3. The number of anilines is 1. The highest BCUT2D eigenvalue weighted by molar-refractivity contribution is 7.87. The molecular weight excluding hydrogens is 523 g/mol. The molecule has 2 aromatic rings. The average molecular weight is 565 g/mol. The van der Waals surface area contributed by atoms with Crippen LogP contribution >= 0.6 is 0 Å². The van der Waals surface area contributed by atoms with Gasteiger partial charge in [-0.25, -0.2) is 14.1 Å². The summed E-state index contributed by atoms with van der Waals surface area (Å²) in [6.45, 7) is 11.4. The van der Waals surface area contributed by atoms with E-state index >= 15 is 0 Å². The summed E-state index contributed by atoms with van der Waals surface area (Å²) in [6.07, 6.45) is 1.11. The molecule has 2 saturated heterocycles. The number of piperidine rings is 1. The van der Waals surface area contributed by atoms with Crippen LogP contribution in [0.4, 0.5) is 10.2 Å². The first-order valence-corrected chi connectivity index (χ1v) is 14.9. The summed E-state index contributed by atoms with van der Waals surface area (Å²) in [7, 11) is -4.17. The van der Waals surface area contributed by atoms with Crippen LogP contribution in [0.2, 0.25) is 0 Å². The number of carbonyl (C=O) groups is 1. The third-order valence-electron chi connectivity index (χ3n) is 7.12. The molecule has 1 aromatic carbocycles. The molecule has 2 N–H and O–H groups in total. The van der Waals surface area contributed by atoms with Gasteiger partial charge in [0.1, 0.15) is 17.4 Å². The molecule has 0 bridgehead atoms. The van der Waals surface area contributed by atoms with Crippen molar-refractivity contribution in [2.75, 3.05) is 31.1 Å². The normalized spacial score (nSPS) is 21.8. The fraction of sp³-hybridized carbons (Fsp3) is 0.571. The van der Waals surface area contributed by atoms with Crippen molar-refractivity contribution in [3.8, 4) is 17.0 Å². The minimum absolute atomic E-state index is 0. The third kappa shape index (κ3) is 6.88. The Balaban J connectivity index is 0.00000441. The Hall–Kier alpha value is -2.76. The summed E-state index contributed by atoms with van der Waals surface area (Å²) in [5, 5.41) is 9.93. The Morgan fingerprint density at radius 3 is 2.67 bits per heavy atom. The standard InChI is InChI=1S/C28H39FN4O5S.H2/c1-18(2)17-38-23-12-20(11-21(29)13-23)25-9-8-24(26(30-25)33-15-19(3)14-28(33,4)5)27(35)31-39(36,37)32-10-6-7-22(34)16-32;/h8-9,11-13,18-19,22,34H,6-7,10,14-17H2,1-5H3,(H,31,35);1H/t19-,22?;/m0./s1. The Morgan fingerprint density at radius 2 is 2.03 bits per heavy atom. The van der Waals surface area contributed by atoms with Crippen LogP contribution in [0.3, 0.4) is 0 Å². The van der Waals surface area contributed by atoms with Gasteiger partial charge in [0.15, 0.2) is 0 Å². The minimum atomic E-state index is -4.17. The van der Waals surface area contributed by atoms with Crippen molar-refractivity contribution < 1.29 is 28.9 Å². The number of benzene rings is 1. The van der Waals surface area contributed by atoms with Crippen molar-refractivity contribution in [2.24, 2.45) is 11.8 Å². The van der Waals surface area contributed by atoms with Crippen LogP contribution < -0.4 is 14.4 Å². The maximum atomic E-state index is 14.5. The first kappa shape index (κ1) is 29.2. The van der Waals surface area contributed by atoms with Crippen LogP contribution in [0.15, 0.2) is 30.3 Å². The number of ether oxygens (including phenoxy) is 1. The first-order chi connectivity index (χ1) is 18.2. The number of hydrogen-bond donors (Lipinski definition) is 2. The molecule has 0 saturated carbocycles. The number of amides is 1. The summed E-state index contributed by atoms with van der Waals surface area (Å²) < 4.78 is 49.5. The highest BCUT2D eigenvalue weighted by Crippen LogP contribution is 2.38.